The summed E-state index contributed by atoms with van der Waals surface area (Å²) in [6.07, 6.45) is 0. The normalized spacial score (nSPS) is 12.3. The van der Waals surface area contributed by atoms with Crippen molar-refractivity contribution in [2.24, 2.45) is 0 Å². The third kappa shape index (κ3) is 2.20. The summed E-state index contributed by atoms with van der Waals surface area (Å²) in [4.78, 5) is 4.64. The molecule has 2 aromatic rings. The lowest BCUT2D eigenvalue weighted by Crippen LogP contribution is -2.13. The molecule has 0 atom stereocenters. The Bertz CT molecular complexity index is 577. The zero-order valence-corrected chi connectivity index (χ0v) is 11.9. The van der Waals surface area contributed by atoms with Crippen molar-refractivity contribution in [1.29, 1.82) is 0 Å². The van der Waals surface area contributed by atoms with Crippen LogP contribution in [-0.2, 0) is 5.41 Å². The summed E-state index contributed by atoms with van der Waals surface area (Å²) in [5.41, 5.74) is 9.59. The van der Waals surface area contributed by atoms with Crippen molar-refractivity contribution in [3.05, 3.63) is 35.4 Å². The summed E-state index contributed by atoms with van der Waals surface area (Å²) in [6.45, 7) is 10.9. The van der Waals surface area contributed by atoms with Crippen molar-refractivity contribution in [1.82, 2.24) is 4.98 Å². The van der Waals surface area contributed by atoms with E-state index in [9.17, 15) is 0 Å². The molecule has 1 aromatic carbocycles. The molecule has 0 unspecified atom stereocenters. The molecule has 0 amide bonds. The number of pyridine rings is 1. The number of benzene rings is 1. The highest BCUT2D eigenvalue weighted by Gasteiger charge is 2.18. The summed E-state index contributed by atoms with van der Waals surface area (Å²) < 4.78 is 0. The van der Waals surface area contributed by atoms with E-state index in [0.717, 1.165) is 11.1 Å². The molecule has 2 nitrogen and oxygen atoms in total. The average Bonchev–Trinajstić information content (AvgIpc) is 2.25. The van der Waals surface area contributed by atoms with Crippen molar-refractivity contribution < 1.29 is 0 Å². The number of nitrogens with zero attached hydrogens (tertiary/aromatic N) is 1. The van der Waals surface area contributed by atoms with Crippen molar-refractivity contribution in [3.63, 3.8) is 0 Å². The van der Waals surface area contributed by atoms with Gasteiger partial charge in [-0.1, -0.05) is 52.8 Å². The van der Waals surface area contributed by atoms with Crippen molar-refractivity contribution in [3.8, 4) is 0 Å². The van der Waals surface area contributed by atoms with Crippen LogP contribution in [0.5, 0.6) is 0 Å². The molecular formula is C16H22N2. The first kappa shape index (κ1) is 12.9. The minimum absolute atomic E-state index is 0.0816. The summed E-state index contributed by atoms with van der Waals surface area (Å²) >= 11 is 0. The molecule has 0 bridgehead atoms. The van der Waals surface area contributed by atoms with E-state index in [1.54, 1.807) is 0 Å². The fourth-order valence-electron chi connectivity index (χ4n) is 2.30. The van der Waals surface area contributed by atoms with Crippen LogP contribution >= 0.6 is 0 Å². The van der Waals surface area contributed by atoms with Gasteiger partial charge in [0, 0.05) is 5.39 Å². The lowest BCUT2D eigenvalue weighted by Gasteiger charge is -2.21. The molecule has 96 valence electrons. The number of hydrogen-bond acceptors (Lipinski definition) is 2. The van der Waals surface area contributed by atoms with Crippen LogP contribution in [0.3, 0.4) is 0 Å². The maximum absolute atomic E-state index is 6.09. The number of nitrogen functional groups attached to an aromatic ring is 1. The summed E-state index contributed by atoms with van der Waals surface area (Å²) in [5, 5.41) is 1.18. The Hall–Kier alpha value is -1.57. The zero-order chi connectivity index (χ0) is 13.5. The highest BCUT2D eigenvalue weighted by molar-refractivity contribution is 5.85. The van der Waals surface area contributed by atoms with E-state index in [0.29, 0.717) is 11.7 Å². The molecule has 0 fully saturated rings. The first-order valence-electron chi connectivity index (χ1n) is 6.50. The molecular weight excluding hydrogens is 220 g/mol. The lowest BCUT2D eigenvalue weighted by molar-refractivity contribution is 0.594. The molecule has 0 saturated carbocycles. The fourth-order valence-corrected chi connectivity index (χ4v) is 2.30. The molecule has 2 heteroatoms. The number of anilines is 1. The SMILES string of the molecule is CC(C)c1cc2cccc(C(C)(C)C)c2nc1N. The number of nitrogens with two attached hydrogens (primary N) is 1. The third-order valence-corrected chi connectivity index (χ3v) is 3.34. The first-order valence-corrected chi connectivity index (χ1v) is 6.50. The van der Waals surface area contributed by atoms with Gasteiger partial charge in [0.05, 0.1) is 5.52 Å². The second-order valence-corrected chi connectivity index (χ2v) is 6.24. The van der Waals surface area contributed by atoms with Gasteiger partial charge < -0.3 is 5.73 Å². The van der Waals surface area contributed by atoms with Gasteiger partial charge in [0.25, 0.3) is 0 Å². The Kier molecular flexibility index (Phi) is 3.05. The Balaban J connectivity index is 2.77. The lowest BCUT2D eigenvalue weighted by atomic mass is 9.85. The van der Waals surface area contributed by atoms with Crippen LogP contribution in [0, 0.1) is 0 Å². The fraction of sp³-hybridized carbons (Fsp3) is 0.438. The smallest absolute Gasteiger partial charge is 0.127 e. The summed E-state index contributed by atoms with van der Waals surface area (Å²) in [7, 11) is 0. The quantitative estimate of drug-likeness (QED) is 0.812. The van der Waals surface area contributed by atoms with Crippen LogP contribution in [0.2, 0.25) is 0 Å². The molecule has 0 radical (unpaired) electrons. The van der Waals surface area contributed by atoms with Crippen LogP contribution in [0.15, 0.2) is 24.3 Å². The Labute approximate surface area is 109 Å². The van der Waals surface area contributed by atoms with Gasteiger partial charge in [0.15, 0.2) is 0 Å². The number of rotatable bonds is 1. The second-order valence-electron chi connectivity index (χ2n) is 6.24. The number of fused-ring (bicyclic) bond motifs is 1. The minimum atomic E-state index is 0.0816. The van der Waals surface area contributed by atoms with E-state index in [2.05, 4.69) is 63.9 Å². The maximum Gasteiger partial charge on any atom is 0.127 e. The van der Waals surface area contributed by atoms with Crippen LogP contribution < -0.4 is 5.73 Å². The Morgan fingerprint density at radius 2 is 1.83 bits per heavy atom. The van der Waals surface area contributed by atoms with Gasteiger partial charge in [-0.05, 0) is 28.5 Å². The van der Waals surface area contributed by atoms with Crippen molar-refractivity contribution >= 4 is 16.7 Å². The van der Waals surface area contributed by atoms with Gasteiger partial charge >= 0.3 is 0 Å². The molecule has 1 heterocycles. The minimum Gasteiger partial charge on any atom is -0.383 e. The predicted octanol–water partition coefficient (Wildman–Crippen LogP) is 4.24. The highest BCUT2D eigenvalue weighted by Crippen LogP contribution is 2.32. The van der Waals surface area contributed by atoms with Gasteiger partial charge in [-0.25, -0.2) is 4.98 Å². The van der Waals surface area contributed by atoms with E-state index in [1.807, 2.05) is 0 Å². The molecule has 1 aromatic heterocycles. The number of para-hydroxylation sites is 1. The maximum atomic E-state index is 6.09. The Morgan fingerprint density at radius 1 is 1.17 bits per heavy atom. The molecule has 0 aliphatic rings. The van der Waals surface area contributed by atoms with Gasteiger partial charge in [0.2, 0.25) is 0 Å². The largest absolute Gasteiger partial charge is 0.383 e. The topological polar surface area (TPSA) is 38.9 Å². The van der Waals surface area contributed by atoms with Gasteiger partial charge in [-0.2, -0.15) is 0 Å². The van der Waals surface area contributed by atoms with E-state index < -0.39 is 0 Å². The molecule has 18 heavy (non-hydrogen) atoms. The molecule has 0 aliphatic carbocycles. The van der Waals surface area contributed by atoms with Gasteiger partial charge in [0.1, 0.15) is 5.82 Å². The van der Waals surface area contributed by atoms with E-state index in [-0.39, 0.29) is 5.41 Å². The zero-order valence-electron chi connectivity index (χ0n) is 11.9. The monoisotopic (exact) mass is 242 g/mol. The van der Waals surface area contributed by atoms with Gasteiger partial charge in [-0.15, -0.1) is 0 Å². The Morgan fingerprint density at radius 3 is 2.39 bits per heavy atom. The summed E-state index contributed by atoms with van der Waals surface area (Å²) in [5.74, 6) is 1.06. The molecule has 0 aliphatic heterocycles. The van der Waals surface area contributed by atoms with Crippen molar-refractivity contribution in [2.75, 3.05) is 5.73 Å². The van der Waals surface area contributed by atoms with Crippen LogP contribution in [-0.4, -0.2) is 4.98 Å². The molecule has 2 rings (SSSR count). The van der Waals surface area contributed by atoms with E-state index in [4.69, 9.17) is 5.73 Å². The average molecular weight is 242 g/mol. The van der Waals surface area contributed by atoms with Crippen LogP contribution in [0.4, 0.5) is 5.82 Å². The number of aromatic nitrogens is 1. The van der Waals surface area contributed by atoms with Crippen LogP contribution in [0.25, 0.3) is 10.9 Å². The second kappa shape index (κ2) is 4.27. The number of hydrogen-bond donors (Lipinski definition) is 1. The van der Waals surface area contributed by atoms with Gasteiger partial charge in [-0.3, -0.25) is 0 Å². The van der Waals surface area contributed by atoms with E-state index in [1.165, 1.54) is 10.9 Å². The third-order valence-electron chi connectivity index (χ3n) is 3.34. The summed E-state index contributed by atoms with van der Waals surface area (Å²) in [6, 6.07) is 8.54. The predicted molar refractivity (Wildman–Crippen MR) is 78.9 cm³/mol. The highest BCUT2D eigenvalue weighted by atomic mass is 14.8. The first-order chi connectivity index (χ1) is 8.30. The molecule has 0 saturated heterocycles. The standard InChI is InChI=1S/C16H22N2/c1-10(2)12-9-11-7-6-8-13(16(3,4)5)14(11)18-15(12)17/h6-10H,1-5H3,(H2,17,18). The molecule has 0 spiro atoms. The van der Waals surface area contributed by atoms with Crippen molar-refractivity contribution in [2.45, 2.75) is 46.0 Å². The van der Waals surface area contributed by atoms with E-state index >= 15 is 0 Å². The van der Waals surface area contributed by atoms with Crippen LogP contribution in [0.1, 0.15) is 51.7 Å². The molecule has 2 N–H and O–H groups in total.